The van der Waals surface area contributed by atoms with Crippen molar-refractivity contribution in [2.75, 3.05) is 6.61 Å². The molecule has 0 aromatic heterocycles. The molecule has 0 spiro atoms. The van der Waals surface area contributed by atoms with Crippen molar-refractivity contribution in [3.8, 4) is 5.75 Å². The number of aliphatic hydroxyl groups excluding tert-OH is 1. The molecule has 2 aromatic rings. The minimum Gasteiger partial charge on any atom is -0.489 e. The number of aryl methyl sites for hydroxylation is 1. The van der Waals surface area contributed by atoms with Crippen LogP contribution >= 0.6 is 15.9 Å². The van der Waals surface area contributed by atoms with Gasteiger partial charge in [-0.05, 0) is 36.3 Å². The number of ether oxygens (including phenoxy) is 1. The highest BCUT2D eigenvalue weighted by Crippen LogP contribution is 2.28. The van der Waals surface area contributed by atoms with E-state index in [1.165, 1.54) is 0 Å². The normalized spacial score (nSPS) is 10.9. The molecule has 0 heterocycles. The Morgan fingerprint density at radius 2 is 1.95 bits per heavy atom. The van der Waals surface area contributed by atoms with Gasteiger partial charge in [-0.2, -0.15) is 0 Å². The van der Waals surface area contributed by atoms with Gasteiger partial charge in [0.05, 0.1) is 6.61 Å². The maximum atomic E-state index is 9.38. The van der Waals surface area contributed by atoms with Crippen LogP contribution in [-0.2, 0) is 6.61 Å². The molecular formula is C17H17BrO2. The summed E-state index contributed by atoms with van der Waals surface area (Å²) in [5.74, 6) is 0.758. The minimum absolute atomic E-state index is 0.0297. The lowest BCUT2D eigenvalue weighted by Gasteiger charge is -2.12. The first-order valence-corrected chi connectivity index (χ1v) is 7.24. The molecule has 0 amide bonds. The zero-order valence-corrected chi connectivity index (χ0v) is 12.9. The molecule has 2 nitrogen and oxygen atoms in total. The summed E-state index contributed by atoms with van der Waals surface area (Å²) in [4.78, 5) is 0. The highest BCUT2D eigenvalue weighted by molar-refractivity contribution is 9.10. The molecule has 0 saturated heterocycles. The molecule has 0 aliphatic carbocycles. The molecule has 0 unspecified atom stereocenters. The van der Waals surface area contributed by atoms with E-state index in [-0.39, 0.29) is 6.61 Å². The van der Waals surface area contributed by atoms with Crippen LogP contribution in [-0.4, -0.2) is 11.7 Å². The Balaban J connectivity index is 2.03. The molecule has 0 atom stereocenters. The Hall–Kier alpha value is -1.58. The molecule has 0 saturated carbocycles. The van der Waals surface area contributed by atoms with Gasteiger partial charge in [0, 0.05) is 10.0 Å². The first-order valence-electron chi connectivity index (χ1n) is 6.45. The fourth-order valence-corrected chi connectivity index (χ4v) is 2.62. The van der Waals surface area contributed by atoms with Gasteiger partial charge >= 0.3 is 0 Å². The average Bonchev–Trinajstić information content (AvgIpc) is 2.45. The molecule has 20 heavy (non-hydrogen) atoms. The van der Waals surface area contributed by atoms with Crippen molar-refractivity contribution < 1.29 is 9.84 Å². The van der Waals surface area contributed by atoms with E-state index in [2.05, 4.69) is 15.9 Å². The molecule has 3 heteroatoms. The van der Waals surface area contributed by atoms with E-state index >= 15 is 0 Å². The van der Waals surface area contributed by atoms with Gasteiger partial charge in [0.1, 0.15) is 12.4 Å². The third kappa shape index (κ3) is 3.95. The second-order valence-corrected chi connectivity index (χ2v) is 5.41. The van der Waals surface area contributed by atoms with E-state index in [0.717, 1.165) is 26.9 Å². The topological polar surface area (TPSA) is 29.5 Å². The van der Waals surface area contributed by atoms with Gasteiger partial charge in [0.2, 0.25) is 0 Å². The van der Waals surface area contributed by atoms with Crippen molar-refractivity contribution in [1.82, 2.24) is 0 Å². The lowest BCUT2D eigenvalue weighted by molar-refractivity contribution is 0.269. The van der Waals surface area contributed by atoms with Crippen molar-refractivity contribution in [3.63, 3.8) is 0 Å². The van der Waals surface area contributed by atoms with Crippen molar-refractivity contribution in [3.05, 3.63) is 69.7 Å². The van der Waals surface area contributed by atoms with Crippen molar-refractivity contribution in [1.29, 1.82) is 0 Å². The van der Waals surface area contributed by atoms with Crippen LogP contribution in [0.4, 0.5) is 0 Å². The lowest BCUT2D eigenvalue weighted by atomic mass is 10.1. The Morgan fingerprint density at radius 3 is 2.65 bits per heavy atom. The Morgan fingerprint density at radius 1 is 1.20 bits per heavy atom. The van der Waals surface area contributed by atoms with Gasteiger partial charge in [-0.15, -0.1) is 0 Å². The summed E-state index contributed by atoms with van der Waals surface area (Å²) in [6.07, 6.45) is 3.99. The fourth-order valence-electron chi connectivity index (χ4n) is 2.00. The van der Waals surface area contributed by atoms with Gasteiger partial charge in [-0.25, -0.2) is 0 Å². The van der Waals surface area contributed by atoms with Crippen molar-refractivity contribution in [2.24, 2.45) is 0 Å². The summed E-state index contributed by atoms with van der Waals surface area (Å²) in [7, 11) is 0. The number of benzene rings is 2. The van der Waals surface area contributed by atoms with Crippen LogP contribution in [0.2, 0.25) is 0 Å². The van der Waals surface area contributed by atoms with E-state index < -0.39 is 0 Å². The van der Waals surface area contributed by atoms with Crippen LogP contribution in [0.15, 0.2) is 53.0 Å². The summed E-state index contributed by atoms with van der Waals surface area (Å²) >= 11 is 3.42. The van der Waals surface area contributed by atoms with E-state index in [1.54, 1.807) is 0 Å². The maximum Gasteiger partial charge on any atom is 0.128 e. The molecule has 1 N–H and O–H groups in total. The first kappa shape index (κ1) is 14.8. The predicted molar refractivity (Wildman–Crippen MR) is 85.8 cm³/mol. The number of hydrogen-bond acceptors (Lipinski definition) is 2. The summed E-state index contributed by atoms with van der Waals surface area (Å²) in [5.41, 5.74) is 2.95. The molecule has 0 bridgehead atoms. The highest BCUT2D eigenvalue weighted by atomic mass is 79.9. The van der Waals surface area contributed by atoms with E-state index in [4.69, 9.17) is 4.74 Å². The van der Waals surface area contributed by atoms with Gasteiger partial charge in [-0.1, -0.05) is 52.3 Å². The monoisotopic (exact) mass is 332 g/mol. The molecule has 0 radical (unpaired) electrons. The van der Waals surface area contributed by atoms with Crippen LogP contribution in [0, 0.1) is 6.92 Å². The summed E-state index contributed by atoms with van der Waals surface area (Å²) < 4.78 is 6.72. The number of hydrogen-bond donors (Lipinski definition) is 1. The number of aliphatic hydroxyl groups is 1. The first-order chi connectivity index (χ1) is 9.70. The van der Waals surface area contributed by atoms with E-state index in [9.17, 15) is 5.11 Å². The number of halogens is 1. The smallest absolute Gasteiger partial charge is 0.128 e. The molecule has 2 aromatic carbocycles. The summed E-state index contributed by atoms with van der Waals surface area (Å²) in [6.45, 7) is 2.42. The van der Waals surface area contributed by atoms with Crippen LogP contribution in [0.25, 0.3) is 6.08 Å². The van der Waals surface area contributed by atoms with Crippen LogP contribution in [0.5, 0.6) is 5.75 Å². The zero-order chi connectivity index (χ0) is 14.4. The van der Waals surface area contributed by atoms with E-state index in [1.807, 2.05) is 61.5 Å². The molecule has 104 valence electrons. The summed E-state index contributed by atoms with van der Waals surface area (Å²) in [6, 6.07) is 13.9. The second-order valence-electron chi connectivity index (χ2n) is 4.49. The number of rotatable bonds is 5. The van der Waals surface area contributed by atoms with Gasteiger partial charge in [0.25, 0.3) is 0 Å². The Labute approximate surface area is 127 Å². The zero-order valence-electron chi connectivity index (χ0n) is 11.3. The summed E-state index contributed by atoms with van der Waals surface area (Å²) in [5, 5.41) is 9.38. The molecule has 0 aliphatic heterocycles. The Kier molecular flexibility index (Phi) is 5.39. The average molecular weight is 333 g/mol. The quantitative estimate of drug-likeness (QED) is 0.882. The predicted octanol–water partition coefficient (Wildman–Crippen LogP) is 4.34. The van der Waals surface area contributed by atoms with Crippen LogP contribution in [0.3, 0.4) is 0 Å². The van der Waals surface area contributed by atoms with Crippen LogP contribution in [0.1, 0.15) is 16.7 Å². The molecule has 0 fully saturated rings. The van der Waals surface area contributed by atoms with Gasteiger partial charge in [-0.3, -0.25) is 0 Å². The third-order valence-corrected chi connectivity index (χ3v) is 3.38. The second kappa shape index (κ2) is 7.27. The molecule has 2 rings (SSSR count). The fraction of sp³-hybridized carbons (Fsp3) is 0.176. The van der Waals surface area contributed by atoms with Crippen LogP contribution < -0.4 is 4.74 Å². The maximum absolute atomic E-state index is 9.38. The minimum atomic E-state index is -0.0297. The largest absolute Gasteiger partial charge is 0.489 e. The highest BCUT2D eigenvalue weighted by Gasteiger charge is 2.07. The lowest BCUT2D eigenvalue weighted by Crippen LogP contribution is -2.00. The molecule has 0 aliphatic rings. The van der Waals surface area contributed by atoms with Crippen molar-refractivity contribution in [2.45, 2.75) is 13.5 Å². The van der Waals surface area contributed by atoms with Gasteiger partial charge in [0.15, 0.2) is 0 Å². The molecular weight excluding hydrogens is 316 g/mol. The Bertz CT molecular complexity index is 591. The van der Waals surface area contributed by atoms with Crippen molar-refractivity contribution >= 4 is 22.0 Å². The standard InChI is InChI=1S/C17H17BrO2/c1-13-10-16(18)11-15(12-19)17(13)20-9-5-8-14-6-3-2-4-7-14/h2-8,10-11,19H,9,12H2,1H3/b8-5+. The SMILES string of the molecule is Cc1cc(Br)cc(CO)c1OC/C=C/c1ccccc1. The third-order valence-electron chi connectivity index (χ3n) is 2.92. The van der Waals surface area contributed by atoms with E-state index in [0.29, 0.717) is 6.61 Å². The van der Waals surface area contributed by atoms with Gasteiger partial charge < -0.3 is 9.84 Å².